The van der Waals surface area contributed by atoms with Crippen LogP contribution in [0.5, 0.6) is 0 Å². The normalized spacial score (nSPS) is 22.1. The van der Waals surface area contributed by atoms with Crippen molar-refractivity contribution in [3.8, 4) is 11.3 Å². The number of thiocarbonyl (C=S) groups is 1. The van der Waals surface area contributed by atoms with Crippen molar-refractivity contribution in [2.45, 2.75) is 46.1 Å². The Morgan fingerprint density at radius 2 is 1.93 bits per heavy atom. The molecule has 7 heteroatoms. The number of rotatable bonds is 3. The van der Waals surface area contributed by atoms with E-state index in [1.807, 2.05) is 37.3 Å². The van der Waals surface area contributed by atoms with Crippen molar-refractivity contribution < 1.29 is 4.79 Å². The number of hydrogen-bond donors (Lipinski definition) is 3. The Labute approximate surface area is 169 Å². The number of thiazole rings is 1. The Balaban J connectivity index is 1.61. The lowest BCUT2D eigenvalue weighted by Crippen LogP contribution is -2.52. The molecule has 0 aliphatic heterocycles. The lowest BCUT2D eigenvalue weighted by molar-refractivity contribution is 0.0947. The molecule has 0 spiro atoms. The summed E-state index contributed by atoms with van der Waals surface area (Å²) < 4.78 is 0. The molecule has 1 saturated carbocycles. The molecule has 1 aromatic heterocycles. The van der Waals surface area contributed by atoms with Crippen molar-refractivity contribution in [2.75, 3.05) is 0 Å². The van der Waals surface area contributed by atoms with Gasteiger partial charge in [-0.05, 0) is 37.4 Å². The van der Waals surface area contributed by atoms with Crippen molar-refractivity contribution in [3.63, 3.8) is 0 Å². The van der Waals surface area contributed by atoms with Gasteiger partial charge >= 0.3 is 0 Å². The first kappa shape index (κ1) is 19.8. The number of carbonyl (C=O) groups is 1. The van der Waals surface area contributed by atoms with E-state index in [9.17, 15) is 4.79 Å². The fourth-order valence-electron chi connectivity index (χ4n) is 3.53. The van der Waals surface area contributed by atoms with Gasteiger partial charge in [0, 0.05) is 11.6 Å². The van der Waals surface area contributed by atoms with Gasteiger partial charge in [-0.3, -0.25) is 15.6 Å². The maximum absolute atomic E-state index is 12.7. The van der Waals surface area contributed by atoms with Gasteiger partial charge in [-0.1, -0.05) is 57.0 Å². The number of benzene rings is 1. The van der Waals surface area contributed by atoms with E-state index in [0.717, 1.165) is 17.0 Å². The molecule has 0 unspecified atom stereocenters. The molecular weight excluding hydrogens is 376 g/mol. The topological polar surface area (TPSA) is 66.0 Å². The number of amides is 1. The lowest BCUT2D eigenvalue weighted by atomic mass is 9.78. The zero-order chi connectivity index (χ0) is 19.4. The Morgan fingerprint density at radius 1 is 1.19 bits per heavy atom. The summed E-state index contributed by atoms with van der Waals surface area (Å²) >= 11 is 6.76. The van der Waals surface area contributed by atoms with Crippen molar-refractivity contribution in [1.29, 1.82) is 0 Å². The summed E-state index contributed by atoms with van der Waals surface area (Å²) in [6.07, 6.45) is 3.58. The van der Waals surface area contributed by atoms with Gasteiger partial charge in [0.15, 0.2) is 5.11 Å². The first-order chi connectivity index (χ1) is 13.0. The van der Waals surface area contributed by atoms with Crippen LogP contribution in [0, 0.1) is 18.8 Å². The summed E-state index contributed by atoms with van der Waals surface area (Å²) in [6, 6.07) is 10.1. The SMILES string of the molecule is Cc1nc(-c2ccccc2)c(C(=O)NNC(=S)N[C@H]2CCC[C@@H](C)[C@@H]2C)s1. The van der Waals surface area contributed by atoms with Crippen LogP contribution in [0.3, 0.4) is 0 Å². The average Bonchev–Trinajstić information content (AvgIpc) is 3.06. The highest BCUT2D eigenvalue weighted by Crippen LogP contribution is 2.29. The first-order valence-electron chi connectivity index (χ1n) is 9.35. The number of aryl methyl sites for hydroxylation is 1. The molecule has 0 radical (unpaired) electrons. The highest BCUT2D eigenvalue weighted by molar-refractivity contribution is 7.80. The second kappa shape index (κ2) is 8.80. The van der Waals surface area contributed by atoms with E-state index in [1.54, 1.807) is 0 Å². The molecule has 3 atom stereocenters. The molecule has 2 aromatic rings. The van der Waals surface area contributed by atoms with Gasteiger partial charge in [0.2, 0.25) is 0 Å². The van der Waals surface area contributed by atoms with E-state index in [-0.39, 0.29) is 5.91 Å². The highest BCUT2D eigenvalue weighted by atomic mass is 32.1. The Morgan fingerprint density at radius 3 is 2.67 bits per heavy atom. The third kappa shape index (κ3) is 4.84. The summed E-state index contributed by atoms with van der Waals surface area (Å²) in [5, 5.41) is 4.66. The smallest absolute Gasteiger partial charge is 0.282 e. The minimum atomic E-state index is -0.228. The van der Waals surface area contributed by atoms with E-state index >= 15 is 0 Å². The fourth-order valence-corrected chi connectivity index (χ4v) is 4.57. The van der Waals surface area contributed by atoms with Crippen molar-refractivity contribution >= 4 is 34.6 Å². The number of hydrazine groups is 1. The second-order valence-corrected chi connectivity index (χ2v) is 8.81. The minimum absolute atomic E-state index is 0.228. The van der Waals surface area contributed by atoms with Crippen LogP contribution in [0.1, 0.15) is 47.8 Å². The lowest BCUT2D eigenvalue weighted by Gasteiger charge is -2.35. The Kier molecular flexibility index (Phi) is 6.44. The number of nitrogens with zero attached hydrogens (tertiary/aromatic N) is 1. The van der Waals surface area contributed by atoms with Crippen LogP contribution in [-0.4, -0.2) is 22.0 Å². The molecular formula is C20H26N4OS2. The first-order valence-corrected chi connectivity index (χ1v) is 10.6. The van der Waals surface area contributed by atoms with Crippen molar-refractivity contribution in [2.24, 2.45) is 11.8 Å². The van der Waals surface area contributed by atoms with Gasteiger partial charge in [0.1, 0.15) is 4.88 Å². The van der Waals surface area contributed by atoms with Crippen LogP contribution in [0.2, 0.25) is 0 Å². The number of carbonyl (C=O) groups excluding carboxylic acids is 1. The molecule has 1 amide bonds. The largest absolute Gasteiger partial charge is 0.358 e. The predicted molar refractivity (Wildman–Crippen MR) is 115 cm³/mol. The van der Waals surface area contributed by atoms with Crippen LogP contribution >= 0.6 is 23.6 Å². The number of hydrogen-bond acceptors (Lipinski definition) is 4. The number of nitrogens with one attached hydrogen (secondary N) is 3. The molecule has 5 nitrogen and oxygen atoms in total. The van der Waals surface area contributed by atoms with Crippen LogP contribution in [0.4, 0.5) is 0 Å². The summed E-state index contributed by atoms with van der Waals surface area (Å²) in [5.74, 6) is 1.01. The standard InChI is InChI=1S/C20H26N4OS2/c1-12-8-7-11-16(13(12)2)22-20(26)24-23-19(25)18-17(21-14(3)27-18)15-9-5-4-6-10-15/h4-6,9-10,12-13,16H,7-8,11H2,1-3H3,(H,23,25)(H2,22,24,26)/t12-,13+,16+/m1/s1. The number of aromatic nitrogens is 1. The molecule has 3 N–H and O–H groups in total. The fraction of sp³-hybridized carbons (Fsp3) is 0.450. The summed E-state index contributed by atoms with van der Waals surface area (Å²) in [4.78, 5) is 17.8. The van der Waals surface area contributed by atoms with Gasteiger partial charge in [-0.25, -0.2) is 4.98 Å². The molecule has 1 fully saturated rings. The van der Waals surface area contributed by atoms with E-state index in [1.165, 1.54) is 24.2 Å². The predicted octanol–water partition coefficient (Wildman–Crippen LogP) is 4.05. The quantitative estimate of drug-likeness (QED) is 0.534. The van der Waals surface area contributed by atoms with Gasteiger partial charge in [-0.2, -0.15) is 0 Å². The van der Waals surface area contributed by atoms with Gasteiger partial charge < -0.3 is 5.32 Å². The van der Waals surface area contributed by atoms with Crippen LogP contribution in [0.15, 0.2) is 30.3 Å². The van der Waals surface area contributed by atoms with E-state index in [2.05, 4.69) is 35.0 Å². The van der Waals surface area contributed by atoms with Crippen LogP contribution < -0.4 is 16.2 Å². The van der Waals surface area contributed by atoms with Crippen molar-refractivity contribution in [1.82, 2.24) is 21.2 Å². The summed E-state index contributed by atoms with van der Waals surface area (Å²) in [7, 11) is 0. The molecule has 1 aromatic carbocycles. The third-order valence-electron chi connectivity index (χ3n) is 5.30. The van der Waals surface area contributed by atoms with E-state index in [4.69, 9.17) is 12.2 Å². The molecule has 3 rings (SSSR count). The minimum Gasteiger partial charge on any atom is -0.358 e. The van der Waals surface area contributed by atoms with Gasteiger partial charge in [0.25, 0.3) is 5.91 Å². The molecule has 27 heavy (non-hydrogen) atoms. The summed E-state index contributed by atoms with van der Waals surface area (Å²) in [5.41, 5.74) is 7.20. The zero-order valence-electron chi connectivity index (χ0n) is 15.9. The van der Waals surface area contributed by atoms with Gasteiger partial charge in [0.05, 0.1) is 10.7 Å². The maximum Gasteiger partial charge on any atom is 0.282 e. The molecule has 1 aliphatic carbocycles. The molecule has 0 bridgehead atoms. The monoisotopic (exact) mass is 402 g/mol. The molecule has 0 saturated heterocycles. The third-order valence-corrected chi connectivity index (χ3v) is 6.49. The Hall–Kier alpha value is -1.99. The average molecular weight is 403 g/mol. The molecule has 1 aliphatic rings. The highest BCUT2D eigenvalue weighted by Gasteiger charge is 2.27. The van der Waals surface area contributed by atoms with Gasteiger partial charge in [-0.15, -0.1) is 11.3 Å². The second-order valence-electron chi connectivity index (χ2n) is 7.20. The maximum atomic E-state index is 12.7. The Bertz CT molecular complexity index is 806. The van der Waals surface area contributed by atoms with Crippen LogP contribution in [-0.2, 0) is 0 Å². The van der Waals surface area contributed by atoms with Crippen LogP contribution in [0.25, 0.3) is 11.3 Å². The molecule has 1 heterocycles. The molecule has 144 valence electrons. The zero-order valence-corrected chi connectivity index (χ0v) is 17.5. The van der Waals surface area contributed by atoms with Crippen molar-refractivity contribution in [3.05, 3.63) is 40.2 Å². The summed E-state index contributed by atoms with van der Waals surface area (Å²) in [6.45, 7) is 6.45. The van der Waals surface area contributed by atoms with E-state index in [0.29, 0.717) is 33.6 Å². The van der Waals surface area contributed by atoms with E-state index < -0.39 is 0 Å².